The maximum atomic E-state index is 12.2. The molecule has 0 radical (unpaired) electrons. The van der Waals surface area contributed by atoms with E-state index in [1.165, 1.54) is 6.08 Å². The first-order chi connectivity index (χ1) is 11.6. The van der Waals surface area contributed by atoms with Crippen molar-refractivity contribution in [2.24, 2.45) is 0 Å². The number of carbonyl (C=O) groups is 1. The molecule has 1 heterocycles. The Balaban J connectivity index is 2.15. The molecule has 0 fully saturated rings. The molecule has 0 aliphatic heterocycles. The van der Waals surface area contributed by atoms with Gasteiger partial charge in [-0.05, 0) is 44.2 Å². The van der Waals surface area contributed by atoms with Crippen LogP contribution < -0.4 is 10.2 Å². The predicted molar refractivity (Wildman–Crippen MR) is 98.6 cm³/mol. The number of anilines is 2. The Morgan fingerprint density at radius 2 is 1.92 bits per heavy atom. The lowest BCUT2D eigenvalue weighted by Gasteiger charge is -2.16. The summed E-state index contributed by atoms with van der Waals surface area (Å²) in [6.07, 6.45) is 1.45. The summed E-state index contributed by atoms with van der Waals surface area (Å²) in [5.41, 5.74) is 0.603. The van der Waals surface area contributed by atoms with Crippen LogP contribution >= 0.6 is 15.9 Å². The van der Waals surface area contributed by atoms with Crippen molar-refractivity contribution in [3.05, 3.63) is 52.2 Å². The van der Waals surface area contributed by atoms with Gasteiger partial charge in [0.2, 0.25) is 0 Å². The van der Waals surface area contributed by atoms with E-state index in [0.717, 1.165) is 23.4 Å². The van der Waals surface area contributed by atoms with Crippen LogP contribution in [0, 0.1) is 11.3 Å². The molecule has 6 heteroatoms. The number of rotatable bonds is 6. The zero-order chi connectivity index (χ0) is 17.5. The second-order valence-electron chi connectivity index (χ2n) is 4.98. The fraction of sp³-hybridized carbons (Fsp3) is 0.222. The Bertz CT molecular complexity index is 768. The smallest absolute Gasteiger partial charge is 0.266 e. The fourth-order valence-corrected chi connectivity index (χ4v) is 2.41. The van der Waals surface area contributed by atoms with Crippen LogP contribution in [-0.2, 0) is 4.79 Å². The van der Waals surface area contributed by atoms with Crippen LogP contribution in [0.1, 0.15) is 19.6 Å². The van der Waals surface area contributed by atoms with Crippen molar-refractivity contribution in [1.82, 2.24) is 0 Å². The number of hydrogen-bond acceptors (Lipinski definition) is 4. The van der Waals surface area contributed by atoms with Crippen molar-refractivity contribution in [2.75, 3.05) is 23.3 Å². The van der Waals surface area contributed by atoms with Gasteiger partial charge in [-0.2, -0.15) is 5.26 Å². The highest BCUT2D eigenvalue weighted by molar-refractivity contribution is 9.10. The van der Waals surface area contributed by atoms with Gasteiger partial charge >= 0.3 is 0 Å². The van der Waals surface area contributed by atoms with Crippen molar-refractivity contribution in [2.45, 2.75) is 13.8 Å². The average molecular weight is 388 g/mol. The monoisotopic (exact) mass is 387 g/mol. The van der Waals surface area contributed by atoms with E-state index in [4.69, 9.17) is 4.42 Å². The van der Waals surface area contributed by atoms with Gasteiger partial charge in [-0.1, -0.05) is 15.9 Å². The van der Waals surface area contributed by atoms with Crippen molar-refractivity contribution in [1.29, 1.82) is 5.26 Å². The first-order valence-corrected chi connectivity index (χ1v) is 8.40. The minimum absolute atomic E-state index is 0.0154. The second kappa shape index (κ2) is 8.37. The summed E-state index contributed by atoms with van der Waals surface area (Å²) in [6, 6.07) is 12.6. The van der Waals surface area contributed by atoms with Crippen molar-refractivity contribution in [3.8, 4) is 6.07 Å². The van der Waals surface area contributed by atoms with Gasteiger partial charge in [0.1, 0.15) is 17.4 Å². The summed E-state index contributed by atoms with van der Waals surface area (Å²) in [7, 11) is 0. The molecule has 124 valence electrons. The summed E-state index contributed by atoms with van der Waals surface area (Å²) in [4.78, 5) is 14.3. The van der Waals surface area contributed by atoms with E-state index in [2.05, 4.69) is 21.2 Å². The SMILES string of the molecule is CCN(CC)c1ccc(/C=C(/C#N)C(=O)Nc2ccc(Br)cc2)o1. The number of carbonyl (C=O) groups excluding carboxylic acids is 1. The first-order valence-electron chi connectivity index (χ1n) is 7.60. The van der Waals surface area contributed by atoms with Crippen LogP contribution in [0.15, 0.2) is 50.9 Å². The highest BCUT2D eigenvalue weighted by atomic mass is 79.9. The average Bonchev–Trinajstić information content (AvgIpc) is 3.04. The molecule has 0 unspecified atom stereocenters. The van der Waals surface area contributed by atoms with Crippen molar-refractivity contribution < 1.29 is 9.21 Å². The molecule has 1 N–H and O–H groups in total. The second-order valence-corrected chi connectivity index (χ2v) is 5.89. The highest BCUT2D eigenvalue weighted by Gasteiger charge is 2.12. The zero-order valence-electron chi connectivity index (χ0n) is 13.5. The lowest BCUT2D eigenvalue weighted by molar-refractivity contribution is -0.112. The van der Waals surface area contributed by atoms with Gasteiger partial charge in [-0.25, -0.2) is 0 Å². The molecule has 0 aliphatic carbocycles. The Morgan fingerprint density at radius 3 is 2.50 bits per heavy atom. The molecule has 0 saturated heterocycles. The summed E-state index contributed by atoms with van der Waals surface area (Å²) in [6.45, 7) is 5.71. The van der Waals surface area contributed by atoms with Crippen molar-refractivity contribution >= 4 is 39.5 Å². The number of nitriles is 1. The van der Waals surface area contributed by atoms with Gasteiger partial charge in [0.25, 0.3) is 5.91 Å². The number of halogens is 1. The maximum absolute atomic E-state index is 12.2. The van der Waals surface area contributed by atoms with Gasteiger partial charge in [0.05, 0.1) is 0 Å². The molecule has 5 nitrogen and oxygen atoms in total. The number of furan rings is 1. The van der Waals surface area contributed by atoms with Gasteiger partial charge in [-0.15, -0.1) is 0 Å². The lowest BCUT2D eigenvalue weighted by atomic mass is 10.2. The van der Waals surface area contributed by atoms with Crippen LogP contribution in [0.3, 0.4) is 0 Å². The minimum atomic E-state index is -0.472. The van der Waals surface area contributed by atoms with E-state index in [1.807, 2.05) is 43.0 Å². The molecule has 1 aromatic carbocycles. The molecule has 2 aromatic rings. The van der Waals surface area contributed by atoms with Crippen LogP contribution in [-0.4, -0.2) is 19.0 Å². The normalized spacial score (nSPS) is 11.0. The molecule has 2 rings (SSSR count). The molecule has 1 aromatic heterocycles. The Hall–Kier alpha value is -2.52. The summed E-state index contributed by atoms with van der Waals surface area (Å²) >= 11 is 3.33. The van der Waals surface area contributed by atoms with Crippen LogP contribution in [0.2, 0.25) is 0 Å². The highest BCUT2D eigenvalue weighted by Crippen LogP contribution is 2.21. The Labute approximate surface area is 149 Å². The third-order valence-corrected chi connectivity index (χ3v) is 3.97. The molecular formula is C18H18BrN3O2. The number of nitrogens with zero attached hydrogens (tertiary/aromatic N) is 2. The van der Waals surface area contributed by atoms with Gasteiger partial charge in [0, 0.05) is 35.4 Å². The van der Waals surface area contributed by atoms with Gasteiger partial charge < -0.3 is 14.6 Å². The van der Waals surface area contributed by atoms with Gasteiger partial charge in [-0.3, -0.25) is 4.79 Å². The quantitative estimate of drug-likeness (QED) is 0.587. The fourth-order valence-electron chi connectivity index (χ4n) is 2.15. The number of amides is 1. The van der Waals surface area contributed by atoms with E-state index in [0.29, 0.717) is 11.4 Å². The topological polar surface area (TPSA) is 69.3 Å². The maximum Gasteiger partial charge on any atom is 0.266 e. The molecular weight excluding hydrogens is 370 g/mol. The number of nitrogens with one attached hydrogen (secondary N) is 1. The van der Waals surface area contributed by atoms with Gasteiger partial charge in [0.15, 0.2) is 5.88 Å². The van der Waals surface area contributed by atoms with Crippen molar-refractivity contribution in [3.63, 3.8) is 0 Å². The summed E-state index contributed by atoms with van der Waals surface area (Å²) < 4.78 is 6.60. The van der Waals surface area contributed by atoms with E-state index >= 15 is 0 Å². The standard InChI is InChI=1S/C18H18BrN3O2/c1-3-22(4-2)17-10-9-16(24-17)11-13(12-20)18(23)21-15-7-5-14(19)6-8-15/h5-11H,3-4H2,1-2H3,(H,21,23)/b13-11-. The summed E-state index contributed by atoms with van der Waals surface area (Å²) in [5, 5.41) is 11.9. The number of hydrogen-bond donors (Lipinski definition) is 1. The predicted octanol–water partition coefficient (Wildman–Crippen LogP) is 4.43. The zero-order valence-corrected chi connectivity index (χ0v) is 15.1. The summed E-state index contributed by atoms with van der Waals surface area (Å²) in [5.74, 6) is 0.719. The third-order valence-electron chi connectivity index (χ3n) is 3.44. The Morgan fingerprint density at radius 1 is 1.25 bits per heavy atom. The van der Waals surface area contributed by atoms with Crippen LogP contribution in [0.4, 0.5) is 11.6 Å². The molecule has 24 heavy (non-hydrogen) atoms. The van der Waals surface area contributed by atoms with Crippen LogP contribution in [0.25, 0.3) is 6.08 Å². The molecule has 0 bridgehead atoms. The molecule has 0 aliphatic rings. The molecule has 0 spiro atoms. The largest absolute Gasteiger partial charge is 0.441 e. The molecule has 0 atom stereocenters. The van der Waals surface area contributed by atoms with E-state index in [1.54, 1.807) is 18.2 Å². The molecule has 0 saturated carbocycles. The molecule has 1 amide bonds. The Kier molecular flexibility index (Phi) is 6.21. The van der Waals surface area contributed by atoms with E-state index in [-0.39, 0.29) is 5.57 Å². The van der Waals surface area contributed by atoms with E-state index in [9.17, 15) is 10.1 Å². The van der Waals surface area contributed by atoms with E-state index < -0.39 is 5.91 Å². The first kappa shape index (κ1) is 17.8. The minimum Gasteiger partial charge on any atom is -0.441 e. The number of benzene rings is 1. The van der Waals surface area contributed by atoms with Crippen LogP contribution in [0.5, 0.6) is 0 Å². The lowest BCUT2D eigenvalue weighted by Crippen LogP contribution is -2.20. The third kappa shape index (κ3) is 4.49.